The monoisotopic (exact) mass is 358 g/mol. The van der Waals surface area contributed by atoms with E-state index in [9.17, 15) is 0 Å². The first-order valence-electron chi connectivity index (χ1n) is 10.0. The Morgan fingerprint density at radius 3 is 2.48 bits per heavy atom. The van der Waals surface area contributed by atoms with Crippen molar-refractivity contribution in [1.82, 2.24) is 9.88 Å². The molecule has 5 rings (SSSR count). The molecule has 27 heavy (non-hydrogen) atoms. The zero-order chi connectivity index (χ0) is 18.4. The number of aromatic nitrogens is 1. The maximum Gasteiger partial charge on any atom is 0.119 e. The van der Waals surface area contributed by atoms with Gasteiger partial charge in [-0.3, -0.25) is 4.98 Å². The largest absolute Gasteiger partial charge is 0.493 e. The minimum absolute atomic E-state index is 0.677. The number of benzene rings is 2. The lowest BCUT2D eigenvalue weighted by Crippen LogP contribution is -2.31. The second-order valence-corrected chi connectivity index (χ2v) is 8.29. The average Bonchev–Trinajstić information content (AvgIpc) is 3.14. The van der Waals surface area contributed by atoms with Crippen molar-refractivity contribution in [3.8, 4) is 16.9 Å². The third-order valence-electron chi connectivity index (χ3n) is 6.35. The van der Waals surface area contributed by atoms with Crippen molar-refractivity contribution in [2.75, 3.05) is 19.7 Å². The van der Waals surface area contributed by atoms with Crippen LogP contribution in [-0.2, 0) is 0 Å². The molecule has 3 aromatic rings. The van der Waals surface area contributed by atoms with Crippen LogP contribution in [-0.4, -0.2) is 35.6 Å². The summed E-state index contributed by atoms with van der Waals surface area (Å²) in [5.41, 5.74) is 3.36. The first-order chi connectivity index (χ1) is 13.2. The van der Waals surface area contributed by atoms with Crippen LogP contribution in [0.25, 0.3) is 22.0 Å². The van der Waals surface area contributed by atoms with Gasteiger partial charge < -0.3 is 9.64 Å². The molecule has 2 aromatic carbocycles. The van der Waals surface area contributed by atoms with E-state index in [1.165, 1.54) is 24.0 Å². The highest BCUT2D eigenvalue weighted by Gasteiger charge is 2.56. The Morgan fingerprint density at radius 2 is 1.74 bits per heavy atom. The van der Waals surface area contributed by atoms with Gasteiger partial charge >= 0.3 is 0 Å². The summed E-state index contributed by atoms with van der Waals surface area (Å²) in [6.07, 6.45) is 1.95. The summed E-state index contributed by atoms with van der Waals surface area (Å²) < 4.78 is 6.09. The standard InChI is InChI=1S/C24H26N2O/c1-16(2)26-13-21-22(14-26)23(21)15-27-20-9-7-17(8-10-20)19-11-18-5-3-4-6-24(18)25-12-19/h3-12,16,21-23H,13-15H2,1-2H3. The Morgan fingerprint density at radius 1 is 1.00 bits per heavy atom. The number of pyridine rings is 1. The van der Waals surface area contributed by atoms with E-state index in [0.29, 0.717) is 6.04 Å². The van der Waals surface area contributed by atoms with Gasteiger partial charge in [0.25, 0.3) is 0 Å². The maximum absolute atomic E-state index is 6.09. The van der Waals surface area contributed by atoms with Crippen molar-refractivity contribution < 1.29 is 4.74 Å². The molecule has 2 heterocycles. The van der Waals surface area contributed by atoms with Gasteiger partial charge in [-0.1, -0.05) is 30.3 Å². The van der Waals surface area contributed by atoms with Crippen LogP contribution in [0.15, 0.2) is 60.8 Å². The molecule has 3 nitrogen and oxygen atoms in total. The summed E-state index contributed by atoms with van der Waals surface area (Å²) >= 11 is 0. The lowest BCUT2D eigenvalue weighted by Gasteiger charge is -2.23. The van der Waals surface area contributed by atoms with Gasteiger partial charge in [0.15, 0.2) is 0 Å². The number of rotatable bonds is 5. The molecule has 0 amide bonds. The van der Waals surface area contributed by atoms with Crippen molar-refractivity contribution in [3.63, 3.8) is 0 Å². The topological polar surface area (TPSA) is 25.4 Å². The molecule has 2 atom stereocenters. The molecule has 0 spiro atoms. The van der Waals surface area contributed by atoms with Crippen LogP contribution in [0.2, 0.25) is 0 Å². The fourth-order valence-corrected chi connectivity index (χ4v) is 4.52. The summed E-state index contributed by atoms with van der Waals surface area (Å²) in [6, 6.07) is 19.5. The molecule has 2 aliphatic rings. The Labute approximate surface area is 161 Å². The van der Waals surface area contributed by atoms with Crippen molar-refractivity contribution >= 4 is 10.9 Å². The zero-order valence-electron chi connectivity index (χ0n) is 16.0. The molecule has 138 valence electrons. The maximum atomic E-state index is 6.09. The summed E-state index contributed by atoms with van der Waals surface area (Å²) in [7, 11) is 0. The smallest absolute Gasteiger partial charge is 0.119 e. The molecule has 2 unspecified atom stereocenters. The number of ether oxygens (including phenoxy) is 1. The van der Waals surface area contributed by atoms with Crippen LogP contribution in [0.4, 0.5) is 0 Å². The highest BCUT2D eigenvalue weighted by Crippen LogP contribution is 2.52. The van der Waals surface area contributed by atoms with Crippen LogP contribution in [0.5, 0.6) is 5.75 Å². The molecule has 0 bridgehead atoms. The second-order valence-electron chi connectivity index (χ2n) is 8.29. The third-order valence-corrected chi connectivity index (χ3v) is 6.35. The number of fused-ring (bicyclic) bond motifs is 2. The van der Waals surface area contributed by atoms with Gasteiger partial charge in [-0.2, -0.15) is 0 Å². The highest BCUT2D eigenvalue weighted by atomic mass is 16.5. The van der Waals surface area contributed by atoms with Crippen LogP contribution in [0.1, 0.15) is 13.8 Å². The molecule has 0 N–H and O–H groups in total. The number of piperidine rings is 1. The van der Waals surface area contributed by atoms with Crippen LogP contribution >= 0.6 is 0 Å². The predicted octanol–water partition coefficient (Wildman–Crippen LogP) is 4.87. The van der Waals surface area contributed by atoms with Crippen molar-refractivity contribution in [2.45, 2.75) is 19.9 Å². The SMILES string of the molecule is CC(C)N1CC2C(COc3ccc(-c4cnc5ccccc5c4)cc3)C2C1. The first kappa shape index (κ1) is 16.8. The number of hydrogen-bond acceptors (Lipinski definition) is 3. The van der Waals surface area contributed by atoms with E-state index in [0.717, 1.165) is 41.2 Å². The number of nitrogens with zero attached hydrogens (tertiary/aromatic N) is 2. The Kier molecular flexibility index (Phi) is 4.13. The van der Waals surface area contributed by atoms with E-state index in [1.807, 2.05) is 18.3 Å². The van der Waals surface area contributed by atoms with Crippen molar-refractivity contribution in [3.05, 3.63) is 60.8 Å². The summed E-state index contributed by atoms with van der Waals surface area (Å²) in [4.78, 5) is 7.16. The van der Waals surface area contributed by atoms with E-state index < -0.39 is 0 Å². The van der Waals surface area contributed by atoms with Gasteiger partial charge in [0.1, 0.15) is 5.75 Å². The molecule has 3 heteroatoms. The Balaban J connectivity index is 1.21. The van der Waals surface area contributed by atoms with Crippen molar-refractivity contribution in [2.24, 2.45) is 17.8 Å². The molecule has 1 aliphatic carbocycles. The fourth-order valence-electron chi connectivity index (χ4n) is 4.52. The molecule has 0 radical (unpaired) electrons. The lowest BCUT2D eigenvalue weighted by atomic mass is 10.1. The minimum Gasteiger partial charge on any atom is -0.493 e. The van der Waals surface area contributed by atoms with Crippen LogP contribution < -0.4 is 4.74 Å². The van der Waals surface area contributed by atoms with Gasteiger partial charge in [0, 0.05) is 42.2 Å². The van der Waals surface area contributed by atoms with Gasteiger partial charge in [0.05, 0.1) is 12.1 Å². The summed E-state index contributed by atoms with van der Waals surface area (Å²) in [5, 5.41) is 1.17. The Hall–Kier alpha value is -2.39. The van der Waals surface area contributed by atoms with Crippen LogP contribution in [0, 0.1) is 17.8 Å². The van der Waals surface area contributed by atoms with E-state index in [1.54, 1.807) is 0 Å². The van der Waals surface area contributed by atoms with E-state index in [2.05, 4.69) is 66.2 Å². The van der Waals surface area contributed by atoms with E-state index >= 15 is 0 Å². The molecular weight excluding hydrogens is 332 g/mol. The van der Waals surface area contributed by atoms with Gasteiger partial charge in [0.2, 0.25) is 0 Å². The van der Waals surface area contributed by atoms with E-state index in [-0.39, 0.29) is 0 Å². The molecule has 1 aliphatic heterocycles. The summed E-state index contributed by atoms with van der Waals surface area (Å²) in [6.45, 7) is 7.96. The molecule has 1 saturated carbocycles. The Bertz CT molecular complexity index is 938. The fraction of sp³-hybridized carbons (Fsp3) is 0.375. The molecule has 1 aromatic heterocycles. The predicted molar refractivity (Wildman–Crippen MR) is 110 cm³/mol. The van der Waals surface area contributed by atoms with E-state index in [4.69, 9.17) is 4.74 Å². The second kappa shape index (κ2) is 6.65. The molecule has 1 saturated heterocycles. The van der Waals surface area contributed by atoms with Gasteiger partial charge in [-0.15, -0.1) is 0 Å². The number of likely N-dealkylation sites (tertiary alicyclic amines) is 1. The minimum atomic E-state index is 0.677. The number of hydrogen-bond donors (Lipinski definition) is 0. The number of para-hydroxylation sites is 1. The zero-order valence-corrected chi connectivity index (χ0v) is 16.0. The molecular formula is C24H26N2O. The van der Waals surface area contributed by atoms with Crippen LogP contribution in [0.3, 0.4) is 0 Å². The van der Waals surface area contributed by atoms with Crippen molar-refractivity contribution in [1.29, 1.82) is 0 Å². The normalized spacial score (nSPS) is 24.3. The third kappa shape index (κ3) is 3.21. The quantitative estimate of drug-likeness (QED) is 0.651. The average molecular weight is 358 g/mol. The lowest BCUT2D eigenvalue weighted by molar-refractivity contribution is 0.206. The highest BCUT2D eigenvalue weighted by molar-refractivity contribution is 5.83. The summed E-state index contributed by atoms with van der Waals surface area (Å²) in [5.74, 6) is 3.44. The van der Waals surface area contributed by atoms with Gasteiger partial charge in [-0.25, -0.2) is 0 Å². The molecule has 2 fully saturated rings. The van der Waals surface area contributed by atoms with Gasteiger partial charge in [-0.05, 0) is 55.5 Å². The first-order valence-corrected chi connectivity index (χ1v) is 10.0.